The summed E-state index contributed by atoms with van der Waals surface area (Å²) in [7, 11) is 0. The van der Waals surface area contributed by atoms with Crippen molar-refractivity contribution in [2.45, 2.75) is 0 Å². The number of aromatic carboxylic acids is 1. The molecule has 0 saturated carbocycles. The van der Waals surface area contributed by atoms with Gasteiger partial charge < -0.3 is 5.11 Å². The first-order valence-corrected chi connectivity index (χ1v) is 4.28. The summed E-state index contributed by atoms with van der Waals surface area (Å²) in [5.41, 5.74) is 0.517. The van der Waals surface area contributed by atoms with Gasteiger partial charge in [-0.2, -0.15) is 0 Å². The number of thiazole rings is 1. The van der Waals surface area contributed by atoms with Crippen molar-refractivity contribution in [2.24, 2.45) is 0 Å². The van der Waals surface area contributed by atoms with Gasteiger partial charge >= 0.3 is 5.97 Å². The molecule has 13 heavy (non-hydrogen) atoms. The lowest BCUT2D eigenvalue weighted by Crippen LogP contribution is -1.93. The van der Waals surface area contributed by atoms with Gasteiger partial charge in [0, 0.05) is 0 Å². The smallest absolute Gasteiger partial charge is 0.365 e. The van der Waals surface area contributed by atoms with E-state index in [-0.39, 0.29) is 10.8 Å². The maximum atomic E-state index is 12.7. The molecule has 0 amide bonds. The first kappa shape index (κ1) is 8.12. The molecule has 0 saturated heterocycles. The van der Waals surface area contributed by atoms with Gasteiger partial charge in [-0.1, -0.05) is 0 Å². The summed E-state index contributed by atoms with van der Waals surface area (Å²) in [5.74, 6) is -1.46. The summed E-state index contributed by atoms with van der Waals surface area (Å²) < 4.78 is 13.2. The number of carbonyl (C=O) groups is 1. The normalized spacial score (nSPS) is 10.5. The quantitative estimate of drug-likeness (QED) is 0.761. The molecule has 2 aromatic rings. The van der Waals surface area contributed by atoms with E-state index in [0.717, 1.165) is 11.3 Å². The van der Waals surface area contributed by atoms with Crippen LogP contribution < -0.4 is 0 Å². The van der Waals surface area contributed by atoms with Crippen molar-refractivity contribution in [2.75, 3.05) is 0 Å². The molecule has 5 heteroatoms. The third-order valence-corrected chi connectivity index (χ3v) is 2.54. The molecule has 2 rings (SSSR count). The number of rotatable bonds is 1. The number of carboxylic acids is 1. The van der Waals surface area contributed by atoms with Crippen molar-refractivity contribution in [3.63, 3.8) is 0 Å². The second-order valence-corrected chi connectivity index (χ2v) is 3.47. The van der Waals surface area contributed by atoms with Crippen molar-refractivity contribution in [1.29, 1.82) is 0 Å². The Bertz CT molecular complexity index is 480. The van der Waals surface area contributed by atoms with Crippen molar-refractivity contribution in [1.82, 2.24) is 4.98 Å². The highest BCUT2D eigenvalue weighted by molar-refractivity contribution is 7.20. The molecule has 0 radical (unpaired) electrons. The van der Waals surface area contributed by atoms with Crippen LogP contribution in [0.4, 0.5) is 4.39 Å². The molecule has 3 nitrogen and oxygen atoms in total. The Morgan fingerprint density at radius 1 is 1.54 bits per heavy atom. The lowest BCUT2D eigenvalue weighted by atomic mass is 10.3. The van der Waals surface area contributed by atoms with Crippen LogP contribution in [0.15, 0.2) is 18.2 Å². The van der Waals surface area contributed by atoms with E-state index in [2.05, 4.69) is 4.98 Å². The van der Waals surface area contributed by atoms with Gasteiger partial charge in [-0.3, -0.25) is 0 Å². The molecule has 0 fully saturated rings. The number of benzene rings is 1. The molecule has 0 unspecified atom stereocenters. The molecule has 0 atom stereocenters. The summed E-state index contributed by atoms with van der Waals surface area (Å²) >= 11 is 0.969. The number of fused-ring (bicyclic) bond motifs is 1. The van der Waals surface area contributed by atoms with Gasteiger partial charge in [0.1, 0.15) is 5.82 Å². The first-order chi connectivity index (χ1) is 6.16. The molecule has 1 aromatic carbocycles. The fourth-order valence-corrected chi connectivity index (χ4v) is 1.82. The van der Waals surface area contributed by atoms with E-state index in [4.69, 9.17) is 5.11 Å². The highest BCUT2D eigenvalue weighted by atomic mass is 32.1. The average Bonchev–Trinajstić information content (AvgIpc) is 2.46. The third-order valence-electron chi connectivity index (χ3n) is 1.53. The summed E-state index contributed by atoms with van der Waals surface area (Å²) in [6, 6.07) is 4.00. The molecule has 0 aliphatic carbocycles. The maximum Gasteiger partial charge on any atom is 0.365 e. The lowest BCUT2D eigenvalue weighted by molar-refractivity contribution is 0.0696. The van der Waals surface area contributed by atoms with E-state index < -0.39 is 5.97 Å². The zero-order valence-corrected chi connectivity index (χ0v) is 7.14. The zero-order chi connectivity index (χ0) is 9.42. The number of nitrogens with zero attached hydrogens (tertiary/aromatic N) is 1. The maximum absolute atomic E-state index is 12.7. The average molecular weight is 197 g/mol. The molecule has 1 heterocycles. The van der Waals surface area contributed by atoms with E-state index in [0.29, 0.717) is 10.2 Å². The van der Waals surface area contributed by atoms with Crippen molar-refractivity contribution < 1.29 is 14.3 Å². The SMILES string of the molecule is O=C(O)c1nc2ccc(F)cc2s1. The molecular formula is C8H4FNO2S. The molecule has 0 aliphatic rings. The fraction of sp³-hybridized carbons (Fsp3) is 0. The van der Waals surface area contributed by atoms with Crippen LogP contribution in [0.5, 0.6) is 0 Å². The number of carboxylic acid groups (broad SMARTS) is 1. The topological polar surface area (TPSA) is 50.2 Å². The van der Waals surface area contributed by atoms with E-state index >= 15 is 0 Å². The highest BCUT2D eigenvalue weighted by Crippen LogP contribution is 2.22. The third kappa shape index (κ3) is 1.38. The molecule has 1 aromatic heterocycles. The lowest BCUT2D eigenvalue weighted by Gasteiger charge is -1.85. The molecular weight excluding hydrogens is 193 g/mol. The van der Waals surface area contributed by atoms with Crippen LogP contribution in [0.25, 0.3) is 10.2 Å². The summed E-state index contributed by atoms with van der Waals surface area (Å²) in [4.78, 5) is 14.3. The van der Waals surface area contributed by atoms with Crippen LogP contribution in [0.3, 0.4) is 0 Å². The van der Waals surface area contributed by atoms with Crippen LogP contribution in [-0.2, 0) is 0 Å². The van der Waals surface area contributed by atoms with Crippen molar-refractivity contribution in [3.8, 4) is 0 Å². The number of hydrogen-bond donors (Lipinski definition) is 1. The molecule has 1 N–H and O–H groups in total. The highest BCUT2D eigenvalue weighted by Gasteiger charge is 2.10. The van der Waals surface area contributed by atoms with Gasteiger partial charge in [-0.15, -0.1) is 11.3 Å². The Kier molecular flexibility index (Phi) is 1.73. The monoisotopic (exact) mass is 197 g/mol. The standard InChI is InChI=1S/C8H4FNO2S/c9-4-1-2-5-6(3-4)13-7(10-5)8(11)12/h1-3H,(H,11,12). The van der Waals surface area contributed by atoms with E-state index in [1.807, 2.05) is 0 Å². The van der Waals surface area contributed by atoms with Crippen LogP contribution in [0, 0.1) is 5.82 Å². The predicted molar refractivity (Wildman–Crippen MR) is 46.5 cm³/mol. The molecule has 0 aliphatic heterocycles. The van der Waals surface area contributed by atoms with Gasteiger partial charge in [0.2, 0.25) is 5.01 Å². The molecule has 66 valence electrons. The Hall–Kier alpha value is -1.49. The van der Waals surface area contributed by atoms with E-state index in [1.54, 1.807) is 0 Å². The number of halogens is 1. The van der Waals surface area contributed by atoms with Gasteiger partial charge in [-0.05, 0) is 18.2 Å². The minimum Gasteiger partial charge on any atom is -0.476 e. The van der Waals surface area contributed by atoms with Gasteiger partial charge in [-0.25, -0.2) is 14.2 Å². The molecule has 0 spiro atoms. The summed E-state index contributed by atoms with van der Waals surface area (Å²) in [6.45, 7) is 0. The first-order valence-electron chi connectivity index (χ1n) is 3.46. The minimum absolute atomic E-state index is 0.0133. The van der Waals surface area contributed by atoms with Crippen LogP contribution in [0.1, 0.15) is 9.80 Å². The Labute approximate surface area is 76.5 Å². The number of aromatic nitrogens is 1. The second-order valence-electron chi connectivity index (χ2n) is 2.44. The van der Waals surface area contributed by atoms with E-state index in [1.165, 1.54) is 18.2 Å². The Morgan fingerprint density at radius 2 is 2.31 bits per heavy atom. The number of hydrogen-bond acceptors (Lipinski definition) is 3. The van der Waals surface area contributed by atoms with Crippen LogP contribution >= 0.6 is 11.3 Å². The minimum atomic E-state index is -1.08. The summed E-state index contributed by atoms with van der Waals surface area (Å²) in [5, 5.41) is 8.60. The zero-order valence-electron chi connectivity index (χ0n) is 6.32. The Balaban J connectivity index is 2.68. The second kappa shape index (κ2) is 2.77. The molecule has 0 bridgehead atoms. The van der Waals surface area contributed by atoms with E-state index in [9.17, 15) is 9.18 Å². The van der Waals surface area contributed by atoms with Crippen LogP contribution in [0.2, 0.25) is 0 Å². The van der Waals surface area contributed by atoms with Crippen molar-refractivity contribution >= 4 is 27.5 Å². The largest absolute Gasteiger partial charge is 0.476 e. The van der Waals surface area contributed by atoms with Crippen molar-refractivity contribution in [3.05, 3.63) is 29.0 Å². The van der Waals surface area contributed by atoms with Gasteiger partial charge in [0.15, 0.2) is 0 Å². The van der Waals surface area contributed by atoms with Crippen LogP contribution in [-0.4, -0.2) is 16.1 Å². The summed E-state index contributed by atoms with van der Waals surface area (Å²) in [6.07, 6.45) is 0. The predicted octanol–water partition coefficient (Wildman–Crippen LogP) is 2.13. The van der Waals surface area contributed by atoms with Gasteiger partial charge in [0.25, 0.3) is 0 Å². The van der Waals surface area contributed by atoms with Gasteiger partial charge in [0.05, 0.1) is 10.2 Å². The Morgan fingerprint density at radius 3 is 3.00 bits per heavy atom. The fourth-order valence-electron chi connectivity index (χ4n) is 0.990.